The zero-order valence-electron chi connectivity index (χ0n) is 6.09. The lowest BCUT2D eigenvalue weighted by Gasteiger charge is -1.99. The van der Waals surface area contributed by atoms with Crippen molar-refractivity contribution in [2.24, 2.45) is 0 Å². The molecule has 0 spiro atoms. The topological polar surface area (TPSA) is 12.9 Å². The Labute approximate surface area is 82.8 Å². The molecular weight excluding hydrogens is 268 g/mol. The third-order valence-corrected chi connectivity index (χ3v) is 2.56. The number of aromatic nitrogens is 1. The van der Waals surface area contributed by atoms with Gasteiger partial charge in [-0.15, -0.1) is 0 Å². The van der Waals surface area contributed by atoms with Crippen molar-refractivity contribution in [2.75, 3.05) is 0 Å². The molecule has 0 bridgehead atoms. The van der Waals surface area contributed by atoms with E-state index >= 15 is 0 Å². The van der Waals surface area contributed by atoms with E-state index in [1.165, 1.54) is 6.07 Å². The fourth-order valence-corrected chi connectivity index (χ4v) is 1.82. The van der Waals surface area contributed by atoms with Crippen molar-refractivity contribution in [1.29, 1.82) is 0 Å². The van der Waals surface area contributed by atoms with Gasteiger partial charge in [0.15, 0.2) is 0 Å². The molecule has 2 rings (SSSR count). The molecule has 0 aliphatic carbocycles. The molecule has 0 radical (unpaired) electrons. The molecule has 0 aliphatic heterocycles. The number of fused-ring (bicyclic) bond motifs is 1. The second-order valence-corrected chi connectivity index (χ2v) is 3.59. The van der Waals surface area contributed by atoms with E-state index in [2.05, 4.69) is 27.6 Å². The summed E-state index contributed by atoms with van der Waals surface area (Å²) in [7, 11) is 0. The van der Waals surface area contributed by atoms with Gasteiger partial charge in [0, 0.05) is 15.2 Å². The highest BCUT2D eigenvalue weighted by atomic mass is 127. The van der Waals surface area contributed by atoms with Gasteiger partial charge in [-0.3, -0.25) is 4.98 Å². The first-order chi connectivity index (χ1) is 5.79. The van der Waals surface area contributed by atoms with Crippen LogP contribution in [-0.4, -0.2) is 4.98 Å². The smallest absolute Gasteiger partial charge is 0.133 e. The molecule has 2 aromatic rings. The van der Waals surface area contributed by atoms with E-state index in [-0.39, 0.29) is 5.82 Å². The molecule has 3 heteroatoms. The van der Waals surface area contributed by atoms with Gasteiger partial charge < -0.3 is 0 Å². The van der Waals surface area contributed by atoms with Crippen molar-refractivity contribution in [3.8, 4) is 0 Å². The van der Waals surface area contributed by atoms with Gasteiger partial charge in [-0.25, -0.2) is 4.39 Å². The molecular formula is C9H5FIN. The summed E-state index contributed by atoms with van der Waals surface area (Å²) < 4.78 is 14.1. The second kappa shape index (κ2) is 2.97. The summed E-state index contributed by atoms with van der Waals surface area (Å²) in [5, 5.41) is 0.612. The van der Waals surface area contributed by atoms with E-state index in [1.807, 2.05) is 0 Å². The van der Waals surface area contributed by atoms with Gasteiger partial charge in [0.25, 0.3) is 0 Å². The van der Waals surface area contributed by atoms with Crippen molar-refractivity contribution in [1.82, 2.24) is 4.98 Å². The average Bonchev–Trinajstić information content (AvgIpc) is 2.04. The summed E-state index contributed by atoms with van der Waals surface area (Å²) >= 11 is 2.10. The van der Waals surface area contributed by atoms with Crippen LogP contribution in [-0.2, 0) is 0 Å². The third-order valence-electron chi connectivity index (χ3n) is 1.66. The summed E-state index contributed by atoms with van der Waals surface area (Å²) in [6.45, 7) is 0. The van der Waals surface area contributed by atoms with Crippen molar-refractivity contribution < 1.29 is 4.39 Å². The molecule has 0 amide bonds. The molecule has 0 saturated carbocycles. The van der Waals surface area contributed by atoms with Crippen LogP contribution in [0.15, 0.2) is 30.5 Å². The van der Waals surface area contributed by atoms with Crippen LogP contribution in [0.2, 0.25) is 0 Å². The van der Waals surface area contributed by atoms with Gasteiger partial charge in [0.1, 0.15) is 5.82 Å². The number of hydrogen-bond acceptors (Lipinski definition) is 1. The lowest BCUT2D eigenvalue weighted by molar-refractivity contribution is 0.639. The lowest BCUT2D eigenvalue weighted by atomic mass is 10.2. The molecule has 0 fully saturated rings. The number of hydrogen-bond donors (Lipinski definition) is 0. The Balaban J connectivity index is 2.96. The predicted octanol–water partition coefficient (Wildman–Crippen LogP) is 2.98. The Bertz CT molecular complexity index is 391. The molecule has 1 aromatic heterocycles. The van der Waals surface area contributed by atoms with Crippen LogP contribution in [0, 0.1) is 9.39 Å². The fraction of sp³-hybridized carbons (Fsp3) is 0. The van der Waals surface area contributed by atoms with Gasteiger partial charge in [-0.05, 0) is 40.8 Å². The average molecular weight is 273 g/mol. The minimum Gasteiger partial charge on any atom is -0.256 e. The molecule has 0 atom stereocenters. The van der Waals surface area contributed by atoms with Crippen LogP contribution < -0.4 is 0 Å². The minimum absolute atomic E-state index is 0.204. The first-order valence-corrected chi connectivity index (χ1v) is 4.55. The number of rotatable bonds is 0. The lowest BCUT2D eigenvalue weighted by Crippen LogP contribution is -1.85. The second-order valence-electron chi connectivity index (χ2n) is 2.43. The summed E-state index contributed by atoms with van der Waals surface area (Å²) in [5.74, 6) is -0.204. The van der Waals surface area contributed by atoms with Gasteiger partial charge in [-0.1, -0.05) is 6.07 Å². The van der Waals surface area contributed by atoms with Crippen LogP contribution >= 0.6 is 22.6 Å². The third kappa shape index (κ3) is 1.18. The summed E-state index contributed by atoms with van der Waals surface area (Å²) in [5.41, 5.74) is 0.710. The number of nitrogens with zero attached hydrogens (tertiary/aromatic N) is 1. The van der Waals surface area contributed by atoms with Crippen LogP contribution in [0.5, 0.6) is 0 Å². The zero-order chi connectivity index (χ0) is 8.55. The van der Waals surface area contributed by atoms with Gasteiger partial charge in [0.2, 0.25) is 0 Å². The predicted molar refractivity (Wildman–Crippen MR) is 54.4 cm³/mol. The monoisotopic (exact) mass is 273 g/mol. The molecule has 60 valence electrons. The maximum absolute atomic E-state index is 13.2. The van der Waals surface area contributed by atoms with E-state index in [0.717, 1.165) is 3.57 Å². The van der Waals surface area contributed by atoms with E-state index in [9.17, 15) is 4.39 Å². The van der Waals surface area contributed by atoms with Crippen LogP contribution in [0.4, 0.5) is 4.39 Å². The molecule has 0 aliphatic rings. The normalized spacial score (nSPS) is 10.5. The van der Waals surface area contributed by atoms with E-state index < -0.39 is 0 Å². The first kappa shape index (κ1) is 7.91. The SMILES string of the molecule is Fc1cccc2nccc(I)c12. The van der Waals surface area contributed by atoms with E-state index in [0.29, 0.717) is 10.9 Å². The van der Waals surface area contributed by atoms with Crippen molar-refractivity contribution in [2.45, 2.75) is 0 Å². The van der Waals surface area contributed by atoms with Gasteiger partial charge in [0.05, 0.1) is 5.52 Å². The highest BCUT2D eigenvalue weighted by molar-refractivity contribution is 14.1. The Morgan fingerprint density at radius 3 is 2.83 bits per heavy atom. The summed E-state index contributed by atoms with van der Waals surface area (Å²) in [6, 6.07) is 6.72. The van der Waals surface area contributed by atoms with Crippen LogP contribution in [0.1, 0.15) is 0 Å². The molecule has 1 heterocycles. The quantitative estimate of drug-likeness (QED) is 0.672. The maximum atomic E-state index is 13.2. The highest BCUT2D eigenvalue weighted by Crippen LogP contribution is 2.20. The number of benzene rings is 1. The van der Waals surface area contributed by atoms with Gasteiger partial charge in [-0.2, -0.15) is 0 Å². The molecule has 1 aromatic carbocycles. The van der Waals surface area contributed by atoms with Crippen molar-refractivity contribution >= 4 is 33.5 Å². The molecule has 1 nitrogen and oxygen atoms in total. The van der Waals surface area contributed by atoms with E-state index in [4.69, 9.17) is 0 Å². The minimum atomic E-state index is -0.204. The molecule has 0 saturated heterocycles. The van der Waals surface area contributed by atoms with Crippen molar-refractivity contribution in [3.05, 3.63) is 39.8 Å². The van der Waals surface area contributed by atoms with E-state index in [1.54, 1.807) is 24.4 Å². The Morgan fingerprint density at radius 1 is 1.25 bits per heavy atom. The number of halogens is 2. The molecule has 12 heavy (non-hydrogen) atoms. The van der Waals surface area contributed by atoms with Crippen molar-refractivity contribution in [3.63, 3.8) is 0 Å². The van der Waals surface area contributed by atoms with Gasteiger partial charge >= 0.3 is 0 Å². The molecule has 0 N–H and O–H groups in total. The molecule has 0 unspecified atom stereocenters. The standard InChI is InChI=1S/C9H5FIN/c10-6-2-1-3-8-9(6)7(11)4-5-12-8/h1-5H. The highest BCUT2D eigenvalue weighted by Gasteiger charge is 2.03. The zero-order valence-corrected chi connectivity index (χ0v) is 8.25. The van der Waals surface area contributed by atoms with Crippen LogP contribution in [0.25, 0.3) is 10.9 Å². The maximum Gasteiger partial charge on any atom is 0.133 e. The number of pyridine rings is 1. The summed E-state index contributed by atoms with van der Waals surface area (Å²) in [6.07, 6.45) is 1.68. The first-order valence-electron chi connectivity index (χ1n) is 3.48. The fourth-order valence-electron chi connectivity index (χ4n) is 1.12. The van der Waals surface area contributed by atoms with Crippen LogP contribution in [0.3, 0.4) is 0 Å². The summed E-state index contributed by atoms with van der Waals surface area (Å²) in [4.78, 5) is 4.06. The Kier molecular flexibility index (Phi) is 1.96. The Hall–Kier alpha value is -0.710. The largest absolute Gasteiger partial charge is 0.256 e. The Morgan fingerprint density at radius 2 is 2.08 bits per heavy atom.